The van der Waals surface area contributed by atoms with Crippen LogP contribution >= 0.6 is 0 Å². The first-order valence-corrected chi connectivity index (χ1v) is 6.79. The van der Waals surface area contributed by atoms with Gasteiger partial charge >= 0.3 is 6.18 Å². The number of hydrogen-bond acceptors (Lipinski definition) is 2. The first-order chi connectivity index (χ1) is 10.3. The van der Waals surface area contributed by atoms with E-state index in [4.69, 9.17) is 0 Å². The largest absolute Gasteiger partial charge is 0.393 e. The van der Waals surface area contributed by atoms with Gasteiger partial charge in [-0.2, -0.15) is 13.2 Å². The molecule has 1 N–H and O–H groups in total. The molecule has 22 heavy (non-hydrogen) atoms. The molecule has 1 heterocycles. The lowest BCUT2D eigenvalue weighted by molar-refractivity contribution is -0.186. The van der Waals surface area contributed by atoms with E-state index in [0.29, 0.717) is 19.0 Å². The van der Waals surface area contributed by atoms with E-state index in [1.807, 2.05) is 0 Å². The molecular weight excluding hydrogens is 307 g/mol. The van der Waals surface area contributed by atoms with Crippen LogP contribution in [0.1, 0.15) is 12.8 Å². The van der Waals surface area contributed by atoms with Crippen LogP contribution in [0.5, 0.6) is 0 Å². The molecule has 0 aliphatic carbocycles. The zero-order valence-corrected chi connectivity index (χ0v) is 11.6. The lowest BCUT2D eigenvalue weighted by atomic mass is 9.97. The van der Waals surface area contributed by atoms with Crippen molar-refractivity contribution in [2.75, 3.05) is 25.0 Å². The summed E-state index contributed by atoms with van der Waals surface area (Å²) in [6, 6.07) is 2.67. The highest BCUT2D eigenvalue weighted by atomic mass is 19.4. The summed E-state index contributed by atoms with van der Waals surface area (Å²) in [7, 11) is 0. The Morgan fingerprint density at radius 2 is 2.05 bits per heavy atom. The summed E-state index contributed by atoms with van der Waals surface area (Å²) >= 11 is 0. The van der Waals surface area contributed by atoms with Gasteiger partial charge in [-0.05, 0) is 31.5 Å². The highest BCUT2D eigenvalue weighted by Crippen LogP contribution is 2.33. The monoisotopic (exact) mass is 322 g/mol. The number of carbonyl (C=O) groups is 1. The van der Waals surface area contributed by atoms with Crippen LogP contribution < -0.4 is 5.32 Å². The smallest absolute Gasteiger partial charge is 0.322 e. The Bertz CT molecular complexity index is 547. The molecule has 0 spiro atoms. The maximum absolute atomic E-state index is 13.4. The van der Waals surface area contributed by atoms with Gasteiger partial charge in [-0.1, -0.05) is 0 Å². The first-order valence-electron chi connectivity index (χ1n) is 6.79. The molecule has 122 valence electrons. The topological polar surface area (TPSA) is 32.3 Å². The van der Waals surface area contributed by atoms with E-state index in [9.17, 15) is 26.7 Å². The van der Waals surface area contributed by atoms with Crippen LogP contribution in [0.4, 0.5) is 27.6 Å². The number of alkyl halides is 3. The van der Waals surface area contributed by atoms with Crippen molar-refractivity contribution in [2.45, 2.75) is 19.0 Å². The summed E-state index contributed by atoms with van der Waals surface area (Å²) in [6.07, 6.45) is -3.88. The van der Waals surface area contributed by atoms with E-state index in [2.05, 4.69) is 5.32 Å². The number of rotatable bonds is 3. The number of amides is 1. The number of halogens is 5. The first kappa shape index (κ1) is 16.7. The third-order valence-electron chi connectivity index (χ3n) is 3.54. The quantitative estimate of drug-likeness (QED) is 0.867. The van der Waals surface area contributed by atoms with Gasteiger partial charge in [0, 0.05) is 12.6 Å². The van der Waals surface area contributed by atoms with Crippen molar-refractivity contribution in [1.29, 1.82) is 0 Å². The fourth-order valence-corrected chi connectivity index (χ4v) is 2.45. The maximum Gasteiger partial charge on any atom is 0.393 e. The molecule has 1 aromatic rings. The van der Waals surface area contributed by atoms with E-state index < -0.39 is 29.6 Å². The minimum Gasteiger partial charge on any atom is -0.322 e. The molecule has 0 radical (unpaired) electrons. The van der Waals surface area contributed by atoms with Crippen LogP contribution in [-0.4, -0.2) is 36.6 Å². The summed E-state index contributed by atoms with van der Waals surface area (Å²) in [6.45, 7) is -0.127. The number of hydrogen-bond donors (Lipinski definition) is 1. The van der Waals surface area contributed by atoms with Crippen molar-refractivity contribution in [2.24, 2.45) is 5.92 Å². The maximum atomic E-state index is 13.4. The number of nitrogens with zero attached hydrogens (tertiary/aromatic N) is 1. The van der Waals surface area contributed by atoms with Gasteiger partial charge in [0.2, 0.25) is 5.91 Å². The average Bonchev–Trinajstić information content (AvgIpc) is 2.41. The second kappa shape index (κ2) is 6.60. The lowest BCUT2D eigenvalue weighted by Gasteiger charge is -2.33. The Balaban J connectivity index is 1.91. The van der Waals surface area contributed by atoms with E-state index in [0.717, 1.165) is 12.1 Å². The van der Waals surface area contributed by atoms with Gasteiger partial charge in [0.25, 0.3) is 0 Å². The van der Waals surface area contributed by atoms with E-state index >= 15 is 0 Å². The summed E-state index contributed by atoms with van der Waals surface area (Å²) in [5.41, 5.74) is -0.198. The Labute approximate surface area is 124 Å². The zero-order chi connectivity index (χ0) is 16.3. The molecule has 0 saturated carbocycles. The Hall–Kier alpha value is -1.70. The van der Waals surface area contributed by atoms with Crippen molar-refractivity contribution in [3.05, 3.63) is 29.8 Å². The van der Waals surface area contributed by atoms with Crippen molar-refractivity contribution >= 4 is 11.6 Å². The number of anilines is 1. The van der Waals surface area contributed by atoms with Gasteiger partial charge in [0.05, 0.1) is 18.2 Å². The molecule has 1 aromatic carbocycles. The molecule has 1 unspecified atom stereocenters. The second-order valence-corrected chi connectivity index (χ2v) is 5.29. The molecule has 1 atom stereocenters. The van der Waals surface area contributed by atoms with Crippen LogP contribution in [0.2, 0.25) is 0 Å². The number of benzene rings is 1. The molecule has 1 saturated heterocycles. The van der Waals surface area contributed by atoms with Crippen LogP contribution in [0.25, 0.3) is 0 Å². The number of nitrogens with one attached hydrogen (secondary N) is 1. The third kappa shape index (κ3) is 4.40. The summed E-state index contributed by atoms with van der Waals surface area (Å²) < 4.78 is 64.2. The van der Waals surface area contributed by atoms with Gasteiger partial charge in [0.1, 0.15) is 11.6 Å². The highest BCUT2D eigenvalue weighted by molar-refractivity contribution is 5.92. The number of piperidine rings is 1. The van der Waals surface area contributed by atoms with Crippen molar-refractivity contribution in [1.82, 2.24) is 4.90 Å². The van der Waals surface area contributed by atoms with E-state index in [1.165, 1.54) is 4.90 Å². The fourth-order valence-electron chi connectivity index (χ4n) is 2.45. The van der Waals surface area contributed by atoms with Gasteiger partial charge in [-0.25, -0.2) is 8.78 Å². The molecule has 8 heteroatoms. The second-order valence-electron chi connectivity index (χ2n) is 5.29. The minimum absolute atomic E-state index is 0.0498. The van der Waals surface area contributed by atoms with Gasteiger partial charge in [-0.3, -0.25) is 9.69 Å². The number of carbonyl (C=O) groups excluding carboxylic acids is 1. The summed E-state index contributed by atoms with van der Waals surface area (Å²) in [4.78, 5) is 13.2. The summed E-state index contributed by atoms with van der Waals surface area (Å²) in [5.74, 6) is -3.79. The van der Waals surface area contributed by atoms with Gasteiger partial charge < -0.3 is 5.32 Å². The molecule has 1 aliphatic rings. The van der Waals surface area contributed by atoms with E-state index in [1.54, 1.807) is 0 Å². The van der Waals surface area contributed by atoms with Gasteiger partial charge in [-0.15, -0.1) is 0 Å². The van der Waals surface area contributed by atoms with Crippen LogP contribution in [0, 0.1) is 17.6 Å². The standard InChI is InChI=1S/C14H15F5N2O/c15-10-3-4-12(11(16)6-10)20-13(22)8-21-5-1-2-9(7-21)14(17,18)19/h3-4,6,9H,1-2,5,7-8H2,(H,20,22). The SMILES string of the molecule is O=C(CN1CCCC(C(F)(F)F)C1)Nc1ccc(F)cc1F. The number of likely N-dealkylation sites (tertiary alicyclic amines) is 1. The molecule has 0 bridgehead atoms. The molecule has 0 aromatic heterocycles. The van der Waals surface area contributed by atoms with Crippen LogP contribution in [0.3, 0.4) is 0 Å². The van der Waals surface area contributed by atoms with Crippen molar-refractivity contribution in [3.8, 4) is 0 Å². The minimum atomic E-state index is -4.28. The fraction of sp³-hybridized carbons (Fsp3) is 0.500. The Morgan fingerprint density at radius 3 is 2.68 bits per heavy atom. The lowest BCUT2D eigenvalue weighted by Crippen LogP contribution is -2.44. The molecular formula is C14H15F5N2O. The normalized spacial score (nSPS) is 20.0. The third-order valence-corrected chi connectivity index (χ3v) is 3.54. The van der Waals surface area contributed by atoms with Crippen molar-refractivity contribution < 1.29 is 26.7 Å². The van der Waals surface area contributed by atoms with Crippen molar-refractivity contribution in [3.63, 3.8) is 0 Å². The Kier molecular flexibility index (Phi) is 5.00. The molecule has 1 aliphatic heterocycles. The predicted octanol–water partition coefficient (Wildman–Crippen LogP) is 3.18. The average molecular weight is 322 g/mol. The Morgan fingerprint density at radius 1 is 1.32 bits per heavy atom. The molecule has 2 rings (SSSR count). The molecule has 3 nitrogen and oxygen atoms in total. The van der Waals surface area contributed by atoms with Crippen LogP contribution in [0.15, 0.2) is 18.2 Å². The zero-order valence-electron chi connectivity index (χ0n) is 11.6. The highest BCUT2D eigenvalue weighted by Gasteiger charge is 2.41. The summed E-state index contributed by atoms with van der Waals surface area (Å²) in [5, 5.41) is 2.23. The van der Waals surface area contributed by atoms with E-state index in [-0.39, 0.29) is 25.2 Å². The van der Waals surface area contributed by atoms with Crippen LogP contribution in [-0.2, 0) is 4.79 Å². The molecule has 1 fully saturated rings. The molecule has 1 amide bonds. The van der Waals surface area contributed by atoms with Gasteiger partial charge in [0.15, 0.2) is 0 Å². The predicted molar refractivity (Wildman–Crippen MR) is 70.2 cm³/mol.